The summed E-state index contributed by atoms with van der Waals surface area (Å²) in [5, 5.41) is 2.84. The molecule has 0 saturated heterocycles. The minimum absolute atomic E-state index is 0.00607. The standard InChI is InChI=1S/C21H24N2O3/c1-26-14-4-12-22-20(24)17-7-9-18(10-8-17)21(25)23-13-11-16-5-2-3-6-19(16)15-23/h2-3,5-10H,4,11-15H2,1H3,(H,22,24). The summed E-state index contributed by atoms with van der Waals surface area (Å²) in [7, 11) is 1.64. The van der Waals surface area contributed by atoms with Gasteiger partial charge in [0.05, 0.1) is 0 Å². The van der Waals surface area contributed by atoms with Crippen LogP contribution in [0, 0.1) is 0 Å². The molecule has 0 saturated carbocycles. The van der Waals surface area contributed by atoms with Gasteiger partial charge in [-0.05, 0) is 48.2 Å². The van der Waals surface area contributed by atoms with E-state index < -0.39 is 0 Å². The molecule has 5 heteroatoms. The average molecular weight is 352 g/mol. The van der Waals surface area contributed by atoms with E-state index in [0.29, 0.717) is 30.8 Å². The first kappa shape index (κ1) is 18.1. The van der Waals surface area contributed by atoms with E-state index in [0.717, 1.165) is 19.4 Å². The molecule has 1 aliphatic rings. The van der Waals surface area contributed by atoms with Gasteiger partial charge in [0.25, 0.3) is 11.8 Å². The van der Waals surface area contributed by atoms with Crippen molar-refractivity contribution < 1.29 is 14.3 Å². The molecular weight excluding hydrogens is 328 g/mol. The number of carbonyl (C=O) groups is 2. The van der Waals surface area contributed by atoms with E-state index in [4.69, 9.17) is 4.74 Å². The number of ether oxygens (including phenoxy) is 1. The van der Waals surface area contributed by atoms with Crippen molar-refractivity contribution in [3.8, 4) is 0 Å². The summed E-state index contributed by atoms with van der Waals surface area (Å²) in [6, 6.07) is 15.1. The zero-order valence-corrected chi connectivity index (χ0v) is 15.0. The SMILES string of the molecule is COCCCNC(=O)c1ccc(C(=O)N2CCc3ccccc3C2)cc1. The van der Waals surface area contributed by atoms with Crippen LogP contribution in [0.25, 0.3) is 0 Å². The third-order valence-corrected chi connectivity index (χ3v) is 4.62. The summed E-state index contributed by atoms with van der Waals surface area (Å²) in [6.07, 6.45) is 1.65. The van der Waals surface area contributed by atoms with E-state index in [1.165, 1.54) is 11.1 Å². The number of benzene rings is 2. The number of carbonyl (C=O) groups excluding carboxylic acids is 2. The van der Waals surface area contributed by atoms with Crippen molar-refractivity contribution in [2.24, 2.45) is 0 Å². The van der Waals surface area contributed by atoms with E-state index in [-0.39, 0.29) is 11.8 Å². The fourth-order valence-corrected chi connectivity index (χ4v) is 3.14. The topological polar surface area (TPSA) is 58.6 Å². The van der Waals surface area contributed by atoms with Crippen LogP contribution in [0.3, 0.4) is 0 Å². The Hall–Kier alpha value is -2.66. The highest BCUT2D eigenvalue weighted by molar-refractivity contribution is 5.97. The Balaban J connectivity index is 1.60. The molecule has 0 bridgehead atoms. The smallest absolute Gasteiger partial charge is 0.254 e. The molecular formula is C21H24N2O3. The molecule has 5 nitrogen and oxygen atoms in total. The monoisotopic (exact) mass is 352 g/mol. The van der Waals surface area contributed by atoms with E-state index in [9.17, 15) is 9.59 Å². The van der Waals surface area contributed by atoms with Gasteiger partial charge in [0, 0.05) is 44.5 Å². The first-order valence-electron chi connectivity index (χ1n) is 8.92. The molecule has 0 fully saturated rings. The number of hydrogen-bond donors (Lipinski definition) is 1. The van der Waals surface area contributed by atoms with Crippen molar-refractivity contribution in [2.75, 3.05) is 26.8 Å². The third kappa shape index (κ3) is 4.29. The maximum absolute atomic E-state index is 12.7. The molecule has 1 heterocycles. The van der Waals surface area contributed by atoms with Gasteiger partial charge in [-0.15, -0.1) is 0 Å². The largest absolute Gasteiger partial charge is 0.385 e. The quantitative estimate of drug-likeness (QED) is 0.813. The number of amides is 2. The second kappa shape index (κ2) is 8.63. The van der Waals surface area contributed by atoms with Crippen LogP contribution in [0.4, 0.5) is 0 Å². The van der Waals surface area contributed by atoms with Crippen molar-refractivity contribution in [3.63, 3.8) is 0 Å². The Kier molecular flexibility index (Phi) is 6.02. The zero-order chi connectivity index (χ0) is 18.4. The molecule has 2 aromatic carbocycles. The van der Waals surface area contributed by atoms with Crippen LogP contribution in [0.1, 0.15) is 38.3 Å². The highest BCUT2D eigenvalue weighted by Crippen LogP contribution is 2.20. The van der Waals surface area contributed by atoms with Gasteiger partial charge in [-0.1, -0.05) is 24.3 Å². The normalized spacial score (nSPS) is 13.2. The number of fused-ring (bicyclic) bond motifs is 1. The van der Waals surface area contributed by atoms with Gasteiger partial charge in [0.2, 0.25) is 0 Å². The van der Waals surface area contributed by atoms with Gasteiger partial charge in [-0.25, -0.2) is 0 Å². The van der Waals surface area contributed by atoms with Gasteiger partial charge in [-0.2, -0.15) is 0 Å². The number of methoxy groups -OCH3 is 1. The molecule has 0 aliphatic carbocycles. The predicted molar refractivity (Wildman–Crippen MR) is 100 cm³/mol. The van der Waals surface area contributed by atoms with Gasteiger partial charge in [0.1, 0.15) is 0 Å². The van der Waals surface area contributed by atoms with E-state index >= 15 is 0 Å². The number of rotatable bonds is 6. The van der Waals surface area contributed by atoms with E-state index in [2.05, 4.69) is 17.4 Å². The van der Waals surface area contributed by atoms with Gasteiger partial charge in [-0.3, -0.25) is 9.59 Å². The Morgan fingerprint density at radius 1 is 1.04 bits per heavy atom. The van der Waals surface area contributed by atoms with Crippen LogP contribution in [-0.4, -0.2) is 43.5 Å². The lowest BCUT2D eigenvalue weighted by Crippen LogP contribution is -2.36. The van der Waals surface area contributed by atoms with Crippen molar-refractivity contribution in [2.45, 2.75) is 19.4 Å². The van der Waals surface area contributed by atoms with Crippen LogP contribution in [-0.2, 0) is 17.7 Å². The Morgan fingerprint density at radius 3 is 2.46 bits per heavy atom. The number of hydrogen-bond acceptors (Lipinski definition) is 3. The molecule has 136 valence electrons. The summed E-state index contributed by atoms with van der Waals surface area (Å²) < 4.78 is 4.96. The maximum atomic E-state index is 12.7. The highest BCUT2D eigenvalue weighted by atomic mass is 16.5. The molecule has 2 aromatic rings. The second-order valence-corrected chi connectivity index (χ2v) is 6.43. The predicted octanol–water partition coefficient (Wildman–Crippen LogP) is 2.65. The van der Waals surface area contributed by atoms with Crippen LogP contribution in [0.15, 0.2) is 48.5 Å². The highest BCUT2D eigenvalue weighted by Gasteiger charge is 2.21. The summed E-state index contributed by atoms with van der Waals surface area (Å²) in [4.78, 5) is 26.7. The van der Waals surface area contributed by atoms with Crippen molar-refractivity contribution in [1.82, 2.24) is 10.2 Å². The number of nitrogens with zero attached hydrogens (tertiary/aromatic N) is 1. The van der Waals surface area contributed by atoms with Crippen molar-refractivity contribution >= 4 is 11.8 Å². The summed E-state index contributed by atoms with van der Waals surface area (Å²) in [5.41, 5.74) is 3.69. The molecule has 0 atom stereocenters. The molecule has 0 spiro atoms. The molecule has 0 radical (unpaired) electrons. The van der Waals surface area contributed by atoms with Crippen molar-refractivity contribution in [1.29, 1.82) is 0 Å². The minimum atomic E-state index is -0.132. The van der Waals surface area contributed by atoms with Gasteiger partial charge < -0.3 is 15.0 Å². The summed E-state index contributed by atoms with van der Waals surface area (Å²) >= 11 is 0. The van der Waals surface area contributed by atoms with Crippen LogP contribution < -0.4 is 5.32 Å². The molecule has 0 unspecified atom stereocenters. The first-order chi connectivity index (χ1) is 12.7. The fourth-order valence-electron chi connectivity index (χ4n) is 3.14. The lowest BCUT2D eigenvalue weighted by molar-refractivity contribution is 0.0734. The average Bonchev–Trinajstić information content (AvgIpc) is 2.70. The molecule has 26 heavy (non-hydrogen) atoms. The first-order valence-corrected chi connectivity index (χ1v) is 8.92. The Bertz CT molecular complexity index is 771. The lowest BCUT2D eigenvalue weighted by atomic mass is 9.99. The van der Waals surface area contributed by atoms with E-state index in [1.54, 1.807) is 31.4 Å². The molecule has 2 amide bonds. The summed E-state index contributed by atoms with van der Waals surface area (Å²) in [5.74, 6) is -0.126. The van der Waals surface area contributed by atoms with Gasteiger partial charge in [0.15, 0.2) is 0 Å². The zero-order valence-electron chi connectivity index (χ0n) is 15.0. The summed E-state index contributed by atoms with van der Waals surface area (Å²) in [6.45, 7) is 2.54. The second-order valence-electron chi connectivity index (χ2n) is 6.43. The third-order valence-electron chi connectivity index (χ3n) is 4.62. The Morgan fingerprint density at radius 2 is 1.73 bits per heavy atom. The van der Waals surface area contributed by atoms with Gasteiger partial charge >= 0.3 is 0 Å². The van der Waals surface area contributed by atoms with Crippen LogP contribution in [0.5, 0.6) is 0 Å². The number of nitrogens with one attached hydrogen (secondary N) is 1. The molecule has 3 rings (SSSR count). The maximum Gasteiger partial charge on any atom is 0.254 e. The van der Waals surface area contributed by atoms with Crippen LogP contribution >= 0.6 is 0 Å². The Labute approximate surface area is 154 Å². The molecule has 1 N–H and O–H groups in total. The minimum Gasteiger partial charge on any atom is -0.385 e. The van der Waals surface area contributed by atoms with E-state index in [1.807, 2.05) is 17.0 Å². The molecule has 1 aliphatic heterocycles. The van der Waals surface area contributed by atoms with Crippen molar-refractivity contribution in [3.05, 3.63) is 70.8 Å². The lowest BCUT2D eigenvalue weighted by Gasteiger charge is -2.29. The fraction of sp³-hybridized carbons (Fsp3) is 0.333. The molecule has 0 aromatic heterocycles. The van der Waals surface area contributed by atoms with Crippen LogP contribution in [0.2, 0.25) is 0 Å².